The standard InChI is InChI=1S/C15H27NO/c1-10(9-17-2)8-16-15-13-4-11-3-12(6-13)7-14(15)5-11/h10-16H,3-9H2,1-2H3. The smallest absolute Gasteiger partial charge is 0.0499 e. The van der Waals surface area contributed by atoms with Gasteiger partial charge in [-0.1, -0.05) is 6.92 Å². The molecule has 1 unspecified atom stereocenters. The normalized spacial score (nSPS) is 45.2. The van der Waals surface area contributed by atoms with E-state index in [1.165, 1.54) is 25.7 Å². The van der Waals surface area contributed by atoms with Crippen LogP contribution >= 0.6 is 0 Å². The zero-order valence-corrected chi connectivity index (χ0v) is 11.3. The minimum absolute atomic E-state index is 0.650. The Kier molecular flexibility index (Phi) is 3.45. The first-order chi connectivity index (χ1) is 8.26. The first kappa shape index (κ1) is 12.0. The van der Waals surface area contributed by atoms with E-state index in [1.807, 2.05) is 0 Å². The van der Waals surface area contributed by atoms with Crippen LogP contribution in [0.3, 0.4) is 0 Å². The van der Waals surface area contributed by atoms with Crippen molar-refractivity contribution in [3.8, 4) is 0 Å². The molecule has 0 aromatic carbocycles. The summed E-state index contributed by atoms with van der Waals surface area (Å²) in [6.07, 6.45) is 7.62. The highest BCUT2D eigenvalue weighted by Crippen LogP contribution is 2.53. The molecule has 4 aliphatic carbocycles. The van der Waals surface area contributed by atoms with Crippen LogP contribution in [0.25, 0.3) is 0 Å². The Morgan fingerprint density at radius 3 is 2.18 bits per heavy atom. The minimum atomic E-state index is 0.650. The van der Waals surface area contributed by atoms with Gasteiger partial charge in [0.15, 0.2) is 0 Å². The van der Waals surface area contributed by atoms with Gasteiger partial charge < -0.3 is 10.1 Å². The van der Waals surface area contributed by atoms with Crippen LogP contribution in [0.4, 0.5) is 0 Å². The van der Waals surface area contributed by atoms with E-state index >= 15 is 0 Å². The summed E-state index contributed by atoms with van der Waals surface area (Å²) in [6.45, 7) is 4.31. The minimum Gasteiger partial charge on any atom is -0.384 e. The van der Waals surface area contributed by atoms with Crippen molar-refractivity contribution in [2.45, 2.75) is 45.1 Å². The molecule has 0 spiro atoms. The van der Waals surface area contributed by atoms with E-state index < -0.39 is 0 Å². The second kappa shape index (κ2) is 4.89. The Morgan fingerprint density at radius 2 is 1.65 bits per heavy atom. The molecule has 0 aliphatic heterocycles. The second-order valence-electron chi connectivity index (χ2n) is 6.93. The quantitative estimate of drug-likeness (QED) is 0.794. The number of hydrogen-bond donors (Lipinski definition) is 1. The lowest BCUT2D eigenvalue weighted by Crippen LogP contribution is -2.55. The van der Waals surface area contributed by atoms with Gasteiger partial charge in [-0.15, -0.1) is 0 Å². The van der Waals surface area contributed by atoms with Crippen molar-refractivity contribution < 1.29 is 4.74 Å². The fraction of sp³-hybridized carbons (Fsp3) is 1.00. The summed E-state index contributed by atoms with van der Waals surface area (Å²) >= 11 is 0. The third-order valence-electron chi connectivity index (χ3n) is 5.38. The summed E-state index contributed by atoms with van der Waals surface area (Å²) in [4.78, 5) is 0. The molecule has 98 valence electrons. The van der Waals surface area contributed by atoms with Crippen molar-refractivity contribution in [2.24, 2.45) is 29.6 Å². The van der Waals surface area contributed by atoms with Crippen LogP contribution in [0.15, 0.2) is 0 Å². The highest BCUT2D eigenvalue weighted by Gasteiger charge is 2.47. The van der Waals surface area contributed by atoms with Crippen LogP contribution in [0, 0.1) is 29.6 Å². The molecule has 0 aromatic heterocycles. The Morgan fingerprint density at radius 1 is 1.06 bits per heavy atom. The largest absolute Gasteiger partial charge is 0.384 e. The summed E-state index contributed by atoms with van der Waals surface area (Å²) in [5.74, 6) is 4.83. The topological polar surface area (TPSA) is 21.3 Å². The molecule has 4 bridgehead atoms. The van der Waals surface area contributed by atoms with Crippen LogP contribution < -0.4 is 5.32 Å². The molecule has 0 aromatic rings. The molecule has 4 rings (SSSR count). The fourth-order valence-corrected chi connectivity index (χ4v) is 4.94. The van der Waals surface area contributed by atoms with Crippen LogP contribution in [0.1, 0.15) is 39.0 Å². The van der Waals surface area contributed by atoms with Gasteiger partial charge in [0.2, 0.25) is 0 Å². The third-order valence-corrected chi connectivity index (χ3v) is 5.38. The van der Waals surface area contributed by atoms with E-state index in [0.29, 0.717) is 5.92 Å². The average Bonchev–Trinajstić information content (AvgIpc) is 2.27. The molecule has 0 heterocycles. The number of nitrogens with one attached hydrogen (secondary N) is 1. The number of methoxy groups -OCH3 is 1. The second-order valence-corrected chi connectivity index (χ2v) is 6.93. The maximum Gasteiger partial charge on any atom is 0.0499 e. The van der Waals surface area contributed by atoms with Crippen LogP contribution in [0.5, 0.6) is 0 Å². The molecule has 0 radical (unpaired) electrons. The Hall–Kier alpha value is -0.0800. The van der Waals surface area contributed by atoms with E-state index in [4.69, 9.17) is 4.74 Å². The highest BCUT2D eigenvalue weighted by atomic mass is 16.5. The Balaban J connectivity index is 1.54. The van der Waals surface area contributed by atoms with Gasteiger partial charge in [-0.05, 0) is 61.7 Å². The summed E-state index contributed by atoms with van der Waals surface area (Å²) < 4.78 is 5.22. The number of rotatable bonds is 5. The van der Waals surface area contributed by atoms with Crippen LogP contribution in [-0.2, 0) is 4.74 Å². The number of hydrogen-bond acceptors (Lipinski definition) is 2. The molecule has 4 saturated carbocycles. The first-order valence-electron chi connectivity index (χ1n) is 7.48. The Labute approximate surface area is 105 Å². The van der Waals surface area contributed by atoms with Crippen LogP contribution in [-0.4, -0.2) is 26.3 Å². The summed E-state index contributed by atoms with van der Waals surface area (Å²) in [5.41, 5.74) is 0. The van der Waals surface area contributed by atoms with Crippen molar-refractivity contribution in [3.63, 3.8) is 0 Å². The molecule has 4 fully saturated rings. The molecule has 17 heavy (non-hydrogen) atoms. The molecular formula is C15H27NO. The van der Waals surface area contributed by atoms with Gasteiger partial charge in [0.25, 0.3) is 0 Å². The molecular weight excluding hydrogens is 210 g/mol. The first-order valence-corrected chi connectivity index (χ1v) is 7.48. The monoisotopic (exact) mass is 237 g/mol. The molecule has 2 nitrogen and oxygen atoms in total. The van der Waals surface area contributed by atoms with Crippen molar-refractivity contribution >= 4 is 0 Å². The lowest BCUT2D eigenvalue weighted by atomic mass is 9.54. The maximum atomic E-state index is 5.22. The van der Waals surface area contributed by atoms with Gasteiger partial charge in [0.1, 0.15) is 0 Å². The van der Waals surface area contributed by atoms with Crippen molar-refractivity contribution in [3.05, 3.63) is 0 Å². The predicted molar refractivity (Wildman–Crippen MR) is 69.9 cm³/mol. The van der Waals surface area contributed by atoms with E-state index in [2.05, 4.69) is 12.2 Å². The zero-order valence-electron chi connectivity index (χ0n) is 11.3. The molecule has 0 saturated heterocycles. The summed E-state index contributed by atoms with van der Waals surface area (Å²) in [5, 5.41) is 3.87. The fourth-order valence-electron chi connectivity index (χ4n) is 4.94. The lowest BCUT2D eigenvalue weighted by molar-refractivity contribution is -0.0155. The van der Waals surface area contributed by atoms with Gasteiger partial charge in [0.05, 0.1) is 0 Å². The van der Waals surface area contributed by atoms with Crippen LogP contribution in [0.2, 0.25) is 0 Å². The van der Waals surface area contributed by atoms with E-state index in [9.17, 15) is 0 Å². The van der Waals surface area contributed by atoms with Gasteiger partial charge in [0, 0.05) is 26.3 Å². The molecule has 2 heteroatoms. The molecule has 1 N–H and O–H groups in total. The highest BCUT2D eigenvalue weighted by molar-refractivity contribution is 5.01. The average molecular weight is 237 g/mol. The zero-order chi connectivity index (χ0) is 11.8. The molecule has 0 amide bonds. The van der Waals surface area contributed by atoms with E-state index in [-0.39, 0.29) is 0 Å². The van der Waals surface area contributed by atoms with E-state index in [0.717, 1.165) is 42.9 Å². The number of ether oxygens (including phenoxy) is 1. The third kappa shape index (κ3) is 2.39. The SMILES string of the molecule is COCC(C)CNC1C2CC3CC(C2)CC1C3. The summed E-state index contributed by atoms with van der Waals surface area (Å²) in [6, 6.07) is 0.835. The maximum absolute atomic E-state index is 5.22. The van der Waals surface area contributed by atoms with Gasteiger partial charge in [-0.25, -0.2) is 0 Å². The van der Waals surface area contributed by atoms with Crippen molar-refractivity contribution in [1.29, 1.82) is 0 Å². The van der Waals surface area contributed by atoms with E-state index in [1.54, 1.807) is 13.5 Å². The summed E-state index contributed by atoms with van der Waals surface area (Å²) in [7, 11) is 1.80. The van der Waals surface area contributed by atoms with Gasteiger partial charge in [-0.2, -0.15) is 0 Å². The van der Waals surface area contributed by atoms with Crippen molar-refractivity contribution in [1.82, 2.24) is 5.32 Å². The van der Waals surface area contributed by atoms with Crippen molar-refractivity contribution in [2.75, 3.05) is 20.3 Å². The molecule has 4 aliphatic rings. The van der Waals surface area contributed by atoms with Gasteiger partial charge in [-0.3, -0.25) is 0 Å². The predicted octanol–water partition coefficient (Wildman–Crippen LogP) is 2.68. The lowest BCUT2D eigenvalue weighted by Gasteiger charge is -2.54. The Bertz CT molecular complexity index is 238. The molecule has 1 atom stereocenters. The van der Waals surface area contributed by atoms with Gasteiger partial charge >= 0.3 is 0 Å².